The van der Waals surface area contributed by atoms with Crippen LogP contribution in [-0.4, -0.2) is 27.6 Å². The lowest BCUT2D eigenvalue weighted by molar-refractivity contribution is -0.136. The third-order valence-corrected chi connectivity index (χ3v) is 7.47. The van der Waals surface area contributed by atoms with Crippen LogP contribution in [0.25, 0.3) is 34.0 Å². The zero-order valence-corrected chi connectivity index (χ0v) is 19.3. The van der Waals surface area contributed by atoms with Crippen LogP contribution in [0.15, 0.2) is 57.6 Å². The molecule has 2 atom stereocenters. The van der Waals surface area contributed by atoms with Crippen LogP contribution < -0.4 is 5.73 Å². The van der Waals surface area contributed by atoms with Crippen LogP contribution in [0.3, 0.4) is 0 Å². The van der Waals surface area contributed by atoms with E-state index < -0.39 is 17.3 Å². The van der Waals surface area contributed by atoms with E-state index >= 15 is 0 Å². The van der Waals surface area contributed by atoms with Gasteiger partial charge in [-0.25, -0.2) is 0 Å². The van der Waals surface area contributed by atoms with Crippen molar-refractivity contribution < 1.29 is 27.3 Å². The Morgan fingerprint density at radius 2 is 1.75 bits per heavy atom. The van der Waals surface area contributed by atoms with Crippen LogP contribution in [0.5, 0.6) is 0 Å². The zero-order chi connectivity index (χ0) is 25.1. The standard InChI is InChI=1S/C27H24F3N3O3/c28-27(29,30)21-23(33-35-24(21)15-4-2-1-3-5-15)25-20-9-7-17-12-16(6-8-19(17)22(20)32-36-25)18-10-11-26(31,13-18)14-34/h1-6,8,12,18,34H,7,9-11,13-14,31H2/t18-,26-/m0/s1. The predicted octanol–water partition coefficient (Wildman–Crippen LogP) is 5.74. The minimum atomic E-state index is -4.70. The second-order valence-corrected chi connectivity index (χ2v) is 9.81. The molecular formula is C27H24F3N3O3. The molecule has 186 valence electrons. The Bertz CT molecular complexity index is 1430. The number of hydrogen-bond donors (Lipinski definition) is 2. The molecule has 0 spiro atoms. The molecule has 3 N–H and O–H groups in total. The van der Waals surface area contributed by atoms with Gasteiger partial charge >= 0.3 is 6.18 Å². The molecule has 6 nitrogen and oxygen atoms in total. The molecule has 0 radical (unpaired) electrons. The number of hydrogen-bond acceptors (Lipinski definition) is 6. The van der Waals surface area contributed by atoms with Gasteiger partial charge in [-0.2, -0.15) is 13.2 Å². The lowest BCUT2D eigenvalue weighted by atomic mass is 9.84. The maximum atomic E-state index is 14.2. The molecule has 0 unspecified atom stereocenters. The summed E-state index contributed by atoms with van der Waals surface area (Å²) < 4.78 is 53.2. The van der Waals surface area contributed by atoms with Gasteiger partial charge in [-0.15, -0.1) is 0 Å². The van der Waals surface area contributed by atoms with E-state index in [-0.39, 0.29) is 35.3 Å². The Morgan fingerprint density at radius 1 is 1.00 bits per heavy atom. The Balaban J connectivity index is 1.38. The van der Waals surface area contributed by atoms with Gasteiger partial charge in [0, 0.05) is 22.2 Å². The first-order valence-electron chi connectivity index (χ1n) is 11.9. The van der Waals surface area contributed by atoms with E-state index in [0.29, 0.717) is 24.1 Å². The number of alkyl halides is 3. The highest BCUT2D eigenvalue weighted by Gasteiger charge is 2.43. The van der Waals surface area contributed by atoms with Crippen molar-refractivity contribution in [1.82, 2.24) is 10.3 Å². The molecule has 0 amide bonds. The van der Waals surface area contributed by atoms with Gasteiger partial charge in [0.25, 0.3) is 0 Å². The molecule has 2 aromatic heterocycles. The van der Waals surface area contributed by atoms with Gasteiger partial charge in [-0.05, 0) is 49.1 Å². The molecule has 0 bridgehead atoms. The third kappa shape index (κ3) is 3.74. The highest BCUT2D eigenvalue weighted by atomic mass is 19.4. The van der Waals surface area contributed by atoms with Gasteiger partial charge in [0.2, 0.25) is 0 Å². The van der Waals surface area contributed by atoms with E-state index in [0.717, 1.165) is 36.0 Å². The molecule has 2 heterocycles. The zero-order valence-electron chi connectivity index (χ0n) is 19.3. The first-order chi connectivity index (χ1) is 17.3. The maximum absolute atomic E-state index is 14.2. The van der Waals surface area contributed by atoms with Crippen molar-refractivity contribution in [3.05, 3.63) is 70.8 Å². The minimum Gasteiger partial charge on any atom is -0.394 e. The fraction of sp³-hybridized carbons (Fsp3) is 0.333. The van der Waals surface area contributed by atoms with E-state index in [9.17, 15) is 18.3 Å². The first-order valence-corrected chi connectivity index (χ1v) is 11.9. The number of rotatable bonds is 4. The van der Waals surface area contributed by atoms with E-state index in [4.69, 9.17) is 14.8 Å². The highest BCUT2D eigenvalue weighted by molar-refractivity contribution is 5.79. The van der Waals surface area contributed by atoms with Gasteiger partial charge < -0.3 is 19.9 Å². The smallest absolute Gasteiger partial charge is 0.394 e. The molecule has 4 aromatic rings. The Morgan fingerprint density at radius 3 is 2.47 bits per heavy atom. The monoisotopic (exact) mass is 495 g/mol. The lowest BCUT2D eigenvalue weighted by Crippen LogP contribution is -2.40. The van der Waals surface area contributed by atoms with Crippen molar-refractivity contribution in [2.24, 2.45) is 5.73 Å². The van der Waals surface area contributed by atoms with Crippen LogP contribution in [0, 0.1) is 0 Å². The van der Waals surface area contributed by atoms with Gasteiger partial charge in [0.1, 0.15) is 11.3 Å². The third-order valence-electron chi connectivity index (χ3n) is 7.47. The van der Waals surface area contributed by atoms with Gasteiger partial charge in [-0.1, -0.05) is 58.8 Å². The van der Waals surface area contributed by atoms with Crippen molar-refractivity contribution in [3.63, 3.8) is 0 Å². The highest BCUT2D eigenvalue weighted by Crippen LogP contribution is 2.47. The van der Waals surface area contributed by atoms with E-state index in [1.807, 2.05) is 12.1 Å². The topological polar surface area (TPSA) is 98.3 Å². The molecule has 1 fully saturated rings. The SMILES string of the molecule is N[C@@]1(CO)CC[C@H](c2ccc3c(c2)CCc2c-3noc2-c2noc(-c3ccccc3)c2C(F)(F)F)C1. The summed E-state index contributed by atoms with van der Waals surface area (Å²) in [7, 11) is 0. The predicted molar refractivity (Wildman–Crippen MR) is 126 cm³/mol. The Labute approximate surface area is 204 Å². The van der Waals surface area contributed by atoms with Crippen molar-refractivity contribution in [2.75, 3.05) is 6.61 Å². The van der Waals surface area contributed by atoms with Crippen molar-refractivity contribution in [2.45, 2.75) is 49.7 Å². The molecule has 1 saturated carbocycles. The summed E-state index contributed by atoms with van der Waals surface area (Å²) in [4.78, 5) is 0. The van der Waals surface area contributed by atoms with Crippen molar-refractivity contribution in [1.29, 1.82) is 0 Å². The summed E-state index contributed by atoms with van der Waals surface area (Å²) in [5.41, 5.74) is 8.84. The second-order valence-electron chi connectivity index (χ2n) is 9.81. The van der Waals surface area contributed by atoms with Crippen LogP contribution in [0.1, 0.15) is 47.4 Å². The van der Waals surface area contributed by atoms with Gasteiger partial charge in [0.15, 0.2) is 17.2 Å². The maximum Gasteiger partial charge on any atom is 0.422 e. The largest absolute Gasteiger partial charge is 0.422 e. The second kappa shape index (κ2) is 8.31. The van der Waals surface area contributed by atoms with Crippen LogP contribution in [0.2, 0.25) is 0 Å². The number of benzene rings is 2. The summed E-state index contributed by atoms with van der Waals surface area (Å²) in [6.07, 6.45) is -1.20. The van der Waals surface area contributed by atoms with E-state index in [2.05, 4.69) is 16.4 Å². The molecule has 6 rings (SSSR count). The molecule has 2 aliphatic rings. The number of aryl methyl sites for hydroxylation is 1. The number of fused-ring (bicyclic) bond motifs is 3. The molecule has 2 aliphatic carbocycles. The fourth-order valence-corrected chi connectivity index (χ4v) is 5.58. The lowest BCUT2D eigenvalue weighted by Gasteiger charge is -2.22. The van der Waals surface area contributed by atoms with Crippen molar-refractivity contribution >= 4 is 0 Å². The van der Waals surface area contributed by atoms with Crippen LogP contribution in [-0.2, 0) is 19.0 Å². The molecule has 0 saturated heterocycles. The summed E-state index contributed by atoms with van der Waals surface area (Å²) in [6, 6.07) is 14.2. The summed E-state index contributed by atoms with van der Waals surface area (Å²) in [5.74, 6) is -0.0910. The number of halogens is 3. The molecule has 2 aromatic carbocycles. The average Bonchev–Trinajstić information content (AvgIpc) is 3.60. The molecular weight excluding hydrogens is 471 g/mol. The number of aliphatic hydroxyl groups is 1. The number of aliphatic hydroxyl groups excluding tert-OH is 1. The summed E-state index contributed by atoms with van der Waals surface area (Å²) in [5, 5.41) is 17.6. The van der Waals surface area contributed by atoms with Crippen LogP contribution >= 0.6 is 0 Å². The first kappa shape index (κ1) is 23.0. The average molecular weight is 496 g/mol. The Kier molecular flexibility index (Phi) is 5.31. The van der Waals surface area contributed by atoms with Crippen LogP contribution in [0.4, 0.5) is 13.2 Å². The molecule has 36 heavy (non-hydrogen) atoms. The number of nitrogens with two attached hydrogens (primary N) is 1. The van der Waals surface area contributed by atoms with Crippen molar-refractivity contribution in [3.8, 4) is 34.0 Å². The normalized spacial score (nSPS) is 21.4. The van der Waals surface area contributed by atoms with Gasteiger partial charge in [-0.3, -0.25) is 0 Å². The number of aromatic nitrogens is 2. The molecule has 9 heteroatoms. The van der Waals surface area contributed by atoms with E-state index in [1.165, 1.54) is 0 Å². The summed E-state index contributed by atoms with van der Waals surface area (Å²) >= 11 is 0. The summed E-state index contributed by atoms with van der Waals surface area (Å²) in [6.45, 7) is -0.0343. The quantitative estimate of drug-likeness (QED) is 0.375. The number of nitrogens with zero attached hydrogens (tertiary/aromatic N) is 2. The Hall–Kier alpha value is -3.43. The fourth-order valence-electron chi connectivity index (χ4n) is 5.58. The minimum absolute atomic E-state index is 0.00960. The van der Waals surface area contributed by atoms with E-state index in [1.54, 1.807) is 30.3 Å². The van der Waals surface area contributed by atoms with Gasteiger partial charge in [0.05, 0.1) is 6.61 Å². The molecule has 0 aliphatic heterocycles.